The van der Waals surface area contributed by atoms with E-state index < -0.39 is 27.1 Å². The molecular weight excluding hydrogens is 195 g/mol. The Morgan fingerprint density at radius 1 is 1.42 bits per heavy atom. The predicted molar refractivity (Wildman–Crippen MR) is 38.1 cm³/mol. The molecule has 12 heavy (non-hydrogen) atoms. The van der Waals surface area contributed by atoms with Crippen molar-refractivity contribution in [2.45, 2.75) is 24.9 Å². The lowest BCUT2D eigenvalue weighted by Crippen LogP contribution is -2.29. The predicted octanol–water partition coefficient (Wildman–Crippen LogP) is 0.658. The molecule has 0 aliphatic heterocycles. The van der Waals surface area contributed by atoms with Gasteiger partial charge in [0.15, 0.2) is 0 Å². The minimum absolute atomic E-state index is 0.179. The van der Waals surface area contributed by atoms with Gasteiger partial charge >= 0.3 is 5.51 Å². The fraction of sp³-hybridized carbons (Fsp3) is 1.00. The van der Waals surface area contributed by atoms with Crippen LogP contribution < -0.4 is 5.73 Å². The maximum Gasteiger partial charge on any atom is 0.497 e. The lowest BCUT2D eigenvalue weighted by atomic mass is 10.3. The van der Waals surface area contributed by atoms with Gasteiger partial charge in [0.2, 0.25) is 9.84 Å². The van der Waals surface area contributed by atoms with Gasteiger partial charge in [-0.2, -0.15) is 13.2 Å². The van der Waals surface area contributed by atoms with E-state index in [1.165, 1.54) is 6.92 Å². The van der Waals surface area contributed by atoms with E-state index in [2.05, 4.69) is 0 Å². The fourth-order valence-corrected chi connectivity index (χ4v) is 1.37. The highest BCUT2D eigenvalue weighted by Crippen LogP contribution is 2.24. The number of sulfone groups is 1. The summed E-state index contributed by atoms with van der Waals surface area (Å²) in [5, 5.41) is 0. The molecule has 0 aliphatic rings. The van der Waals surface area contributed by atoms with E-state index in [0.29, 0.717) is 0 Å². The largest absolute Gasteiger partial charge is 0.497 e. The van der Waals surface area contributed by atoms with Crippen molar-refractivity contribution in [3.8, 4) is 0 Å². The molecular formula is C5H10F3NO2S. The zero-order chi connectivity index (χ0) is 9.99. The van der Waals surface area contributed by atoms with E-state index in [4.69, 9.17) is 5.73 Å². The summed E-state index contributed by atoms with van der Waals surface area (Å²) in [5.74, 6) is -0.936. The zero-order valence-corrected chi connectivity index (χ0v) is 7.24. The summed E-state index contributed by atoms with van der Waals surface area (Å²) in [6, 6.07) is -0.540. The quantitative estimate of drug-likeness (QED) is 0.736. The van der Waals surface area contributed by atoms with E-state index in [9.17, 15) is 21.6 Å². The van der Waals surface area contributed by atoms with Crippen molar-refractivity contribution < 1.29 is 21.6 Å². The summed E-state index contributed by atoms with van der Waals surface area (Å²) in [6.45, 7) is 1.45. The van der Waals surface area contributed by atoms with Crippen LogP contribution in [0.4, 0.5) is 13.2 Å². The maximum absolute atomic E-state index is 11.7. The molecule has 0 radical (unpaired) electrons. The Morgan fingerprint density at radius 2 is 1.83 bits per heavy atom. The van der Waals surface area contributed by atoms with E-state index in [-0.39, 0.29) is 6.42 Å². The molecule has 7 heteroatoms. The van der Waals surface area contributed by atoms with Gasteiger partial charge in [0.1, 0.15) is 0 Å². The fourth-order valence-electron chi connectivity index (χ4n) is 0.457. The van der Waals surface area contributed by atoms with Crippen LogP contribution in [0.1, 0.15) is 13.3 Å². The Bertz CT molecular complexity index is 232. The maximum atomic E-state index is 11.7. The minimum atomic E-state index is -5.15. The highest BCUT2D eigenvalue weighted by molar-refractivity contribution is 7.92. The van der Waals surface area contributed by atoms with Crippen LogP contribution in [0.25, 0.3) is 0 Å². The van der Waals surface area contributed by atoms with Gasteiger partial charge in [-0.15, -0.1) is 0 Å². The average Bonchev–Trinajstić information content (AvgIpc) is 1.81. The lowest BCUT2D eigenvalue weighted by molar-refractivity contribution is -0.0435. The summed E-state index contributed by atoms with van der Waals surface area (Å²) in [7, 11) is -4.97. The van der Waals surface area contributed by atoms with Crippen molar-refractivity contribution in [3.63, 3.8) is 0 Å². The molecule has 0 spiro atoms. The minimum Gasteiger partial charge on any atom is -0.328 e. The average molecular weight is 205 g/mol. The molecule has 2 N–H and O–H groups in total. The van der Waals surface area contributed by atoms with Gasteiger partial charge in [-0.05, 0) is 13.3 Å². The van der Waals surface area contributed by atoms with E-state index in [1.807, 2.05) is 0 Å². The standard InChI is InChI=1S/C5H10F3NO2S/c1-4(9)2-3-12(10,11)5(6,7)8/h4H,2-3,9H2,1H3. The summed E-state index contributed by atoms with van der Waals surface area (Å²) >= 11 is 0. The molecule has 0 aromatic carbocycles. The van der Waals surface area contributed by atoms with Crippen molar-refractivity contribution in [1.29, 1.82) is 0 Å². The Kier molecular flexibility index (Phi) is 3.52. The molecule has 0 saturated carbocycles. The van der Waals surface area contributed by atoms with Gasteiger partial charge in [-0.3, -0.25) is 0 Å². The van der Waals surface area contributed by atoms with Crippen LogP contribution in [0.2, 0.25) is 0 Å². The van der Waals surface area contributed by atoms with E-state index in [1.54, 1.807) is 0 Å². The second kappa shape index (κ2) is 3.61. The molecule has 0 fully saturated rings. The molecule has 0 aromatic rings. The number of hydrogen-bond acceptors (Lipinski definition) is 3. The molecule has 3 nitrogen and oxygen atoms in total. The molecule has 1 unspecified atom stereocenters. The van der Waals surface area contributed by atoms with Crippen LogP contribution in [0.5, 0.6) is 0 Å². The Hall–Kier alpha value is -0.300. The molecule has 0 amide bonds. The molecule has 0 aromatic heterocycles. The highest BCUT2D eigenvalue weighted by Gasteiger charge is 2.44. The van der Waals surface area contributed by atoms with Gasteiger partial charge in [0.25, 0.3) is 0 Å². The van der Waals surface area contributed by atoms with Crippen molar-refractivity contribution in [2.75, 3.05) is 5.75 Å². The molecule has 1 atom stereocenters. The van der Waals surface area contributed by atoms with E-state index >= 15 is 0 Å². The Morgan fingerprint density at radius 3 is 2.08 bits per heavy atom. The summed E-state index contributed by atoms with van der Waals surface area (Å²) in [4.78, 5) is 0. The number of hydrogen-bond donors (Lipinski definition) is 1. The number of alkyl halides is 3. The highest BCUT2D eigenvalue weighted by atomic mass is 32.2. The number of halogens is 3. The third-order valence-corrected chi connectivity index (χ3v) is 2.67. The first-order valence-corrected chi connectivity index (χ1v) is 4.86. The third kappa shape index (κ3) is 3.40. The van der Waals surface area contributed by atoms with Gasteiger partial charge < -0.3 is 5.73 Å². The topological polar surface area (TPSA) is 60.2 Å². The molecule has 0 rings (SSSR count). The first kappa shape index (κ1) is 11.7. The second-order valence-corrected chi connectivity index (χ2v) is 4.63. The van der Waals surface area contributed by atoms with Gasteiger partial charge in [0, 0.05) is 6.04 Å². The van der Waals surface area contributed by atoms with Gasteiger partial charge in [0.05, 0.1) is 5.75 Å². The monoisotopic (exact) mass is 205 g/mol. The van der Waals surface area contributed by atoms with Crippen LogP contribution in [0.3, 0.4) is 0 Å². The van der Waals surface area contributed by atoms with Crippen molar-refractivity contribution in [1.82, 2.24) is 0 Å². The van der Waals surface area contributed by atoms with Gasteiger partial charge in [-0.25, -0.2) is 8.42 Å². The molecule has 0 saturated heterocycles. The smallest absolute Gasteiger partial charge is 0.328 e. The first-order valence-electron chi connectivity index (χ1n) is 3.21. The molecule has 74 valence electrons. The van der Waals surface area contributed by atoms with Crippen molar-refractivity contribution in [2.24, 2.45) is 5.73 Å². The van der Waals surface area contributed by atoms with Crippen LogP contribution in [0, 0.1) is 0 Å². The third-order valence-electron chi connectivity index (χ3n) is 1.19. The Labute approximate surface area is 68.7 Å². The Balaban J connectivity index is 4.27. The lowest BCUT2D eigenvalue weighted by Gasteiger charge is -2.08. The van der Waals surface area contributed by atoms with Crippen LogP contribution >= 0.6 is 0 Å². The van der Waals surface area contributed by atoms with Crippen LogP contribution in [-0.2, 0) is 9.84 Å². The van der Waals surface area contributed by atoms with Crippen LogP contribution in [-0.4, -0.2) is 25.7 Å². The van der Waals surface area contributed by atoms with Gasteiger partial charge in [-0.1, -0.05) is 0 Å². The normalized spacial score (nSPS) is 16.1. The SMILES string of the molecule is CC(N)CCS(=O)(=O)C(F)(F)F. The summed E-state index contributed by atoms with van der Waals surface area (Å²) in [5.41, 5.74) is -0.0398. The molecule has 0 aliphatic carbocycles. The van der Waals surface area contributed by atoms with Crippen LogP contribution in [0.15, 0.2) is 0 Å². The van der Waals surface area contributed by atoms with E-state index in [0.717, 1.165) is 0 Å². The molecule has 0 bridgehead atoms. The second-order valence-electron chi connectivity index (χ2n) is 2.53. The summed E-state index contributed by atoms with van der Waals surface area (Å²) in [6.07, 6.45) is -0.179. The molecule has 0 heterocycles. The van der Waals surface area contributed by atoms with Crippen molar-refractivity contribution >= 4 is 9.84 Å². The number of rotatable bonds is 3. The number of nitrogens with two attached hydrogens (primary N) is 1. The van der Waals surface area contributed by atoms with Crippen molar-refractivity contribution in [3.05, 3.63) is 0 Å². The first-order chi connectivity index (χ1) is 5.17. The summed E-state index contributed by atoms with van der Waals surface area (Å²) < 4.78 is 55.7. The zero-order valence-electron chi connectivity index (χ0n) is 6.43.